The van der Waals surface area contributed by atoms with Crippen molar-refractivity contribution < 1.29 is 12.8 Å². The number of likely N-dealkylation sites (tertiary alicyclic amines) is 1. The molecule has 0 atom stereocenters. The molecule has 0 spiro atoms. The zero-order valence-corrected chi connectivity index (χ0v) is 20.6. The third-order valence-corrected chi connectivity index (χ3v) is 5.59. The summed E-state index contributed by atoms with van der Waals surface area (Å²) >= 11 is 0. The number of nitrogens with one attached hydrogen (secondary N) is 2. The summed E-state index contributed by atoms with van der Waals surface area (Å²) in [6, 6.07) is 4.18. The first-order valence-electron chi connectivity index (χ1n) is 10.1. The summed E-state index contributed by atoms with van der Waals surface area (Å²) in [6.45, 7) is 6.97. The van der Waals surface area contributed by atoms with Crippen LogP contribution in [0.15, 0.2) is 23.2 Å². The topological polar surface area (TPSA) is 73.8 Å². The van der Waals surface area contributed by atoms with Gasteiger partial charge in [-0.15, -0.1) is 24.0 Å². The summed E-state index contributed by atoms with van der Waals surface area (Å²) in [4.78, 5) is 7.00. The highest BCUT2D eigenvalue weighted by Gasteiger charge is 2.11. The average Bonchev–Trinajstić information content (AvgIpc) is 2.89. The van der Waals surface area contributed by atoms with E-state index in [2.05, 4.69) is 20.5 Å². The van der Waals surface area contributed by atoms with Crippen LogP contribution in [0, 0.1) is 5.82 Å². The van der Waals surface area contributed by atoms with Gasteiger partial charge in [0.05, 0.1) is 12.3 Å². The number of halogens is 2. The minimum Gasteiger partial charge on any atom is -0.357 e. The van der Waals surface area contributed by atoms with Crippen molar-refractivity contribution >= 4 is 39.8 Å². The van der Waals surface area contributed by atoms with Crippen LogP contribution in [-0.2, 0) is 22.1 Å². The Morgan fingerprint density at radius 2 is 1.83 bits per heavy atom. The molecule has 0 amide bonds. The molecule has 2 rings (SSSR count). The highest BCUT2D eigenvalue weighted by atomic mass is 127. The molecule has 9 heteroatoms. The van der Waals surface area contributed by atoms with E-state index in [9.17, 15) is 12.8 Å². The molecule has 1 aromatic rings. The van der Waals surface area contributed by atoms with Crippen molar-refractivity contribution in [1.82, 2.24) is 15.5 Å². The molecule has 0 bridgehead atoms. The Morgan fingerprint density at radius 3 is 2.45 bits per heavy atom. The Bertz CT molecular complexity index is 751. The van der Waals surface area contributed by atoms with Gasteiger partial charge in [-0.3, -0.25) is 0 Å². The van der Waals surface area contributed by atoms with Gasteiger partial charge in [-0.05, 0) is 56.1 Å². The smallest absolute Gasteiger partial charge is 0.191 e. The first-order valence-corrected chi connectivity index (χ1v) is 12.1. The quantitative estimate of drug-likeness (QED) is 0.302. The Labute approximate surface area is 191 Å². The van der Waals surface area contributed by atoms with E-state index in [0.717, 1.165) is 32.7 Å². The lowest BCUT2D eigenvalue weighted by molar-refractivity contribution is 0.289. The lowest BCUT2D eigenvalue weighted by Crippen LogP contribution is -2.41. The summed E-state index contributed by atoms with van der Waals surface area (Å²) in [7, 11) is -3.20. The lowest BCUT2D eigenvalue weighted by atomic mass is 10.1. The molecule has 0 radical (unpaired) electrons. The normalized spacial score (nSPS) is 16.0. The Kier molecular flexibility index (Phi) is 12.0. The summed E-state index contributed by atoms with van der Waals surface area (Å²) in [6.07, 6.45) is 6.33. The van der Waals surface area contributed by atoms with E-state index in [1.807, 2.05) is 6.92 Å². The largest absolute Gasteiger partial charge is 0.357 e. The number of aliphatic imine (C=N–C) groups is 1. The van der Waals surface area contributed by atoms with Gasteiger partial charge in [0.25, 0.3) is 0 Å². The molecule has 166 valence electrons. The minimum absolute atomic E-state index is 0. The van der Waals surface area contributed by atoms with Gasteiger partial charge in [-0.1, -0.05) is 18.9 Å². The van der Waals surface area contributed by atoms with Crippen LogP contribution in [0.25, 0.3) is 0 Å². The Morgan fingerprint density at radius 1 is 1.14 bits per heavy atom. The molecule has 1 saturated heterocycles. The number of hydrogen-bond acceptors (Lipinski definition) is 4. The monoisotopic (exact) mass is 540 g/mol. The van der Waals surface area contributed by atoms with Gasteiger partial charge < -0.3 is 15.5 Å². The summed E-state index contributed by atoms with van der Waals surface area (Å²) in [5.74, 6) is 0.158. The molecule has 1 fully saturated rings. The van der Waals surface area contributed by atoms with Crippen LogP contribution in [0.2, 0.25) is 0 Å². The number of benzene rings is 1. The van der Waals surface area contributed by atoms with Crippen molar-refractivity contribution in [3.63, 3.8) is 0 Å². The molecule has 1 aliphatic rings. The van der Waals surface area contributed by atoms with Gasteiger partial charge in [0.1, 0.15) is 5.82 Å². The predicted octanol–water partition coefficient (Wildman–Crippen LogP) is 2.92. The van der Waals surface area contributed by atoms with Crippen molar-refractivity contribution in [2.45, 2.75) is 44.9 Å². The van der Waals surface area contributed by atoms with E-state index in [0.29, 0.717) is 17.1 Å². The van der Waals surface area contributed by atoms with Gasteiger partial charge in [0.2, 0.25) is 0 Å². The van der Waals surface area contributed by atoms with E-state index in [1.165, 1.54) is 50.1 Å². The standard InChI is InChI=1S/C20H33FN4O2S.HI/c1-3-22-20(23-10-13-25-11-6-4-5-7-12-25)24-15-18-14-19(21)9-8-17(18)16-28(2,26)27;/h8-9,14H,3-7,10-13,15-16H2,1-2H3,(H2,22,23,24);1H. The number of hydrogen-bond donors (Lipinski definition) is 2. The summed E-state index contributed by atoms with van der Waals surface area (Å²) in [5, 5.41) is 6.52. The van der Waals surface area contributed by atoms with Gasteiger partial charge in [0.15, 0.2) is 15.8 Å². The van der Waals surface area contributed by atoms with Gasteiger partial charge in [0, 0.05) is 25.9 Å². The van der Waals surface area contributed by atoms with Crippen molar-refractivity contribution in [1.29, 1.82) is 0 Å². The molecule has 6 nitrogen and oxygen atoms in total. The highest BCUT2D eigenvalue weighted by Crippen LogP contribution is 2.15. The maximum Gasteiger partial charge on any atom is 0.191 e. The molecule has 0 aromatic heterocycles. The van der Waals surface area contributed by atoms with Crippen LogP contribution in [0.3, 0.4) is 0 Å². The number of rotatable bonds is 8. The van der Waals surface area contributed by atoms with E-state index < -0.39 is 9.84 Å². The molecule has 1 aliphatic heterocycles. The van der Waals surface area contributed by atoms with Crippen molar-refractivity contribution in [2.24, 2.45) is 4.99 Å². The molecule has 2 N–H and O–H groups in total. The zero-order chi connectivity index (χ0) is 20.4. The first-order chi connectivity index (χ1) is 13.4. The molecule has 0 unspecified atom stereocenters. The summed E-state index contributed by atoms with van der Waals surface area (Å²) < 4.78 is 36.9. The van der Waals surface area contributed by atoms with Crippen molar-refractivity contribution in [2.75, 3.05) is 39.0 Å². The third kappa shape index (κ3) is 10.6. The van der Waals surface area contributed by atoms with E-state index >= 15 is 0 Å². The first kappa shape index (κ1) is 26.1. The Balaban J connectivity index is 0.00000420. The number of nitrogens with zero attached hydrogens (tertiary/aromatic N) is 2. The van der Waals surface area contributed by atoms with E-state index in [-0.39, 0.29) is 42.1 Å². The van der Waals surface area contributed by atoms with Crippen LogP contribution in [0.1, 0.15) is 43.7 Å². The molecule has 29 heavy (non-hydrogen) atoms. The van der Waals surface area contributed by atoms with E-state index in [1.54, 1.807) is 0 Å². The fourth-order valence-corrected chi connectivity index (χ4v) is 4.21. The maximum atomic E-state index is 13.7. The third-order valence-electron chi connectivity index (χ3n) is 4.76. The van der Waals surface area contributed by atoms with Crippen LogP contribution in [-0.4, -0.2) is 58.3 Å². The molecule has 0 aliphatic carbocycles. The van der Waals surface area contributed by atoms with Crippen molar-refractivity contribution in [3.05, 3.63) is 35.1 Å². The zero-order valence-electron chi connectivity index (χ0n) is 17.4. The molecular formula is C20H34FIN4O2S. The molecule has 0 saturated carbocycles. The molecular weight excluding hydrogens is 506 g/mol. The predicted molar refractivity (Wildman–Crippen MR) is 128 cm³/mol. The van der Waals surface area contributed by atoms with Crippen molar-refractivity contribution in [3.8, 4) is 0 Å². The Hall–Kier alpha value is -0.940. The molecule has 1 heterocycles. The average molecular weight is 540 g/mol. The fraction of sp³-hybridized carbons (Fsp3) is 0.650. The maximum absolute atomic E-state index is 13.7. The SMILES string of the molecule is CCNC(=NCc1cc(F)ccc1CS(C)(=O)=O)NCCN1CCCCCC1.I. The van der Waals surface area contributed by atoms with Crippen LogP contribution in [0.5, 0.6) is 0 Å². The summed E-state index contributed by atoms with van der Waals surface area (Å²) in [5.41, 5.74) is 1.18. The molecule has 1 aromatic carbocycles. The number of sulfone groups is 1. The minimum atomic E-state index is -3.20. The highest BCUT2D eigenvalue weighted by molar-refractivity contribution is 14.0. The lowest BCUT2D eigenvalue weighted by Gasteiger charge is -2.20. The number of guanidine groups is 1. The van der Waals surface area contributed by atoms with Gasteiger partial charge >= 0.3 is 0 Å². The van der Waals surface area contributed by atoms with E-state index in [4.69, 9.17) is 0 Å². The second-order valence-corrected chi connectivity index (χ2v) is 9.50. The van der Waals surface area contributed by atoms with Crippen LogP contribution < -0.4 is 10.6 Å². The van der Waals surface area contributed by atoms with Gasteiger partial charge in [-0.2, -0.15) is 0 Å². The van der Waals surface area contributed by atoms with Crippen LogP contribution in [0.4, 0.5) is 4.39 Å². The second kappa shape index (κ2) is 13.4. The van der Waals surface area contributed by atoms with Crippen LogP contribution >= 0.6 is 24.0 Å². The van der Waals surface area contributed by atoms with Gasteiger partial charge in [-0.25, -0.2) is 17.8 Å². The fourth-order valence-electron chi connectivity index (χ4n) is 3.36. The second-order valence-electron chi connectivity index (χ2n) is 7.36.